The lowest BCUT2D eigenvalue weighted by Crippen LogP contribution is -2.30. The van der Waals surface area contributed by atoms with Crippen LogP contribution in [0, 0.1) is 5.92 Å². The van der Waals surface area contributed by atoms with Gasteiger partial charge in [0.25, 0.3) is 0 Å². The molecule has 602 valence electrons. The maximum atomic E-state index is 13.1. The molecule has 19 heteroatoms. The van der Waals surface area contributed by atoms with Crippen LogP contribution in [0.15, 0.2) is 24.3 Å². The molecule has 0 aromatic rings. The molecule has 0 saturated carbocycles. The number of rotatable bonds is 81. The maximum absolute atomic E-state index is 13.1. The summed E-state index contributed by atoms with van der Waals surface area (Å²) in [5.74, 6) is -1.33. The molecule has 0 amide bonds. The number of aliphatic hydroxyl groups excluding tert-OH is 1. The third-order valence-electron chi connectivity index (χ3n) is 18.9. The van der Waals surface area contributed by atoms with E-state index in [1.54, 1.807) is 0 Å². The number of carbonyl (C=O) groups excluding carboxylic acids is 4. The number of ether oxygens (including phenoxy) is 4. The summed E-state index contributed by atoms with van der Waals surface area (Å²) in [6.07, 6.45) is 70.0. The molecule has 0 bridgehead atoms. The average molecular weight is 1490 g/mol. The quantitative estimate of drug-likeness (QED) is 0.0169. The first-order valence-corrected chi connectivity index (χ1v) is 45.4. The molecule has 0 saturated heterocycles. The summed E-state index contributed by atoms with van der Waals surface area (Å²) in [4.78, 5) is 73.1. The first-order valence-electron chi connectivity index (χ1n) is 42.5. The Labute approximate surface area is 624 Å². The Bertz CT molecular complexity index is 2040. The van der Waals surface area contributed by atoms with Crippen LogP contribution < -0.4 is 0 Å². The van der Waals surface area contributed by atoms with E-state index in [-0.39, 0.29) is 25.7 Å². The van der Waals surface area contributed by atoms with E-state index in [1.165, 1.54) is 231 Å². The fraction of sp³-hybridized carbons (Fsp3) is 0.904. The topological polar surface area (TPSA) is 237 Å². The van der Waals surface area contributed by atoms with E-state index in [0.29, 0.717) is 25.7 Å². The predicted molar refractivity (Wildman–Crippen MR) is 418 cm³/mol. The zero-order valence-electron chi connectivity index (χ0n) is 66.2. The van der Waals surface area contributed by atoms with Crippen LogP contribution in [0.3, 0.4) is 0 Å². The van der Waals surface area contributed by atoms with Gasteiger partial charge in [-0.25, -0.2) is 9.13 Å². The van der Waals surface area contributed by atoms with Gasteiger partial charge >= 0.3 is 39.5 Å². The summed E-state index contributed by atoms with van der Waals surface area (Å²) >= 11 is 0. The Morgan fingerprint density at radius 2 is 0.529 bits per heavy atom. The largest absolute Gasteiger partial charge is 0.472 e. The van der Waals surface area contributed by atoms with Gasteiger partial charge in [-0.05, 0) is 57.3 Å². The predicted octanol–water partition coefficient (Wildman–Crippen LogP) is 24.8. The minimum Gasteiger partial charge on any atom is -0.462 e. The van der Waals surface area contributed by atoms with Crippen LogP contribution in [-0.2, 0) is 65.4 Å². The van der Waals surface area contributed by atoms with E-state index in [1.807, 2.05) is 0 Å². The zero-order valence-corrected chi connectivity index (χ0v) is 68.0. The number of esters is 4. The molecule has 0 fully saturated rings. The van der Waals surface area contributed by atoms with Gasteiger partial charge < -0.3 is 33.8 Å². The molecule has 0 spiro atoms. The van der Waals surface area contributed by atoms with Gasteiger partial charge in [0.2, 0.25) is 0 Å². The van der Waals surface area contributed by atoms with Gasteiger partial charge in [-0.15, -0.1) is 0 Å². The summed E-state index contributed by atoms with van der Waals surface area (Å²) < 4.78 is 68.8. The Kier molecular flexibility index (Phi) is 73.5. The van der Waals surface area contributed by atoms with Crippen LogP contribution in [0.1, 0.15) is 420 Å². The normalized spacial score (nSPS) is 14.0. The first-order chi connectivity index (χ1) is 49.5. The molecule has 17 nitrogen and oxygen atoms in total. The van der Waals surface area contributed by atoms with Crippen molar-refractivity contribution in [2.45, 2.75) is 438 Å². The Balaban J connectivity index is 5.30. The lowest BCUT2D eigenvalue weighted by Gasteiger charge is -2.21. The number of hydrogen-bond acceptors (Lipinski definition) is 15. The molecule has 3 N–H and O–H groups in total. The fourth-order valence-electron chi connectivity index (χ4n) is 12.4. The monoisotopic (exact) mass is 1490 g/mol. The van der Waals surface area contributed by atoms with Gasteiger partial charge in [0.05, 0.1) is 26.4 Å². The number of hydrogen-bond donors (Lipinski definition) is 3. The minimum absolute atomic E-state index is 0.0859. The van der Waals surface area contributed by atoms with Crippen LogP contribution >= 0.6 is 15.6 Å². The molecule has 0 heterocycles. The lowest BCUT2D eigenvalue weighted by atomic mass is 10.0. The van der Waals surface area contributed by atoms with Crippen LogP contribution in [-0.4, -0.2) is 96.7 Å². The van der Waals surface area contributed by atoms with E-state index < -0.39 is 97.5 Å². The maximum Gasteiger partial charge on any atom is 0.472 e. The number of unbranched alkanes of at least 4 members (excludes halogenated alkanes) is 50. The third kappa shape index (κ3) is 75.8. The van der Waals surface area contributed by atoms with Gasteiger partial charge in [0.1, 0.15) is 19.3 Å². The SMILES string of the molecule is CCCCCC/C=C\C=C/CCCCCCCC(=O)O[C@H](COC(=O)CCCCCCCCCCCCCCC)COP(=O)(O)OC[C@H](O)COP(=O)(O)OC[C@@H](COC(=O)CCCCCCCCCCCCCCCCCC)OC(=O)CCCCCCCCCCCCCCCCCC(C)C. The molecule has 0 rings (SSSR count). The van der Waals surface area contributed by atoms with Crippen LogP contribution in [0.4, 0.5) is 0 Å². The minimum atomic E-state index is -4.97. The van der Waals surface area contributed by atoms with E-state index in [0.717, 1.165) is 109 Å². The number of carbonyl (C=O) groups is 4. The molecule has 5 atom stereocenters. The third-order valence-corrected chi connectivity index (χ3v) is 20.8. The van der Waals surface area contributed by atoms with Gasteiger partial charge in [-0.3, -0.25) is 37.3 Å². The highest BCUT2D eigenvalue weighted by molar-refractivity contribution is 7.47. The summed E-state index contributed by atoms with van der Waals surface area (Å²) in [5, 5.41) is 10.7. The highest BCUT2D eigenvalue weighted by atomic mass is 31.2. The molecular formula is C83H158O17P2. The number of aliphatic hydroxyl groups is 1. The number of allylic oxidation sites excluding steroid dienone is 4. The van der Waals surface area contributed by atoms with Gasteiger partial charge in [-0.2, -0.15) is 0 Å². The van der Waals surface area contributed by atoms with Crippen molar-refractivity contribution in [2.75, 3.05) is 39.6 Å². The van der Waals surface area contributed by atoms with Crippen molar-refractivity contribution < 1.29 is 80.2 Å². The summed E-state index contributed by atoms with van der Waals surface area (Å²) in [6, 6.07) is 0. The summed E-state index contributed by atoms with van der Waals surface area (Å²) in [7, 11) is -9.94. The van der Waals surface area contributed by atoms with E-state index in [4.69, 9.17) is 37.0 Å². The molecule has 0 aromatic heterocycles. The van der Waals surface area contributed by atoms with Crippen molar-refractivity contribution in [3.05, 3.63) is 24.3 Å². The second-order valence-electron chi connectivity index (χ2n) is 29.7. The van der Waals surface area contributed by atoms with Crippen molar-refractivity contribution >= 4 is 39.5 Å². The molecule has 0 radical (unpaired) electrons. The second-order valence-corrected chi connectivity index (χ2v) is 32.6. The second kappa shape index (κ2) is 75.4. The van der Waals surface area contributed by atoms with Gasteiger partial charge in [0.15, 0.2) is 12.2 Å². The highest BCUT2D eigenvalue weighted by Gasteiger charge is 2.30. The first kappa shape index (κ1) is 99.5. The van der Waals surface area contributed by atoms with E-state index in [2.05, 4.69) is 58.9 Å². The standard InChI is InChI=1S/C83H158O17P2/c1-6-9-12-15-18-21-24-27-29-33-37-42-47-52-57-62-67-81(86)94-73-79(100-83(88)69-64-59-54-49-44-39-34-30-32-36-40-45-50-55-60-65-76(4)5)75-98-102(91,92)96-71-77(84)70-95-101(89,90)97-74-78(72-93-80(85)66-61-56-51-46-41-35-26-23-20-17-14-11-8-3)99-82(87)68-63-58-53-48-43-38-31-28-25-22-19-16-13-10-7-2/h22,25,28,31,76-79,84H,6-21,23-24,26-27,29-30,32-75H2,1-5H3,(H,89,90)(H,91,92)/b25-22-,31-28-/t77-,78+,79+/m0/s1. The molecule has 0 aliphatic carbocycles. The Morgan fingerprint density at radius 3 is 0.804 bits per heavy atom. The van der Waals surface area contributed by atoms with Gasteiger partial charge in [0, 0.05) is 25.7 Å². The Hall–Kier alpha value is -2.46. The van der Waals surface area contributed by atoms with E-state index in [9.17, 15) is 43.2 Å². The van der Waals surface area contributed by atoms with Crippen LogP contribution in [0.5, 0.6) is 0 Å². The molecular weight excluding hydrogens is 1330 g/mol. The molecule has 102 heavy (non-hydrogen) atoms. The van der Waals surface area contributed by atoms with Crippen molar-refractivity contribution in [2.24, 2.45) is 5.92 Å². The zero-order chi connectivity index (χ0) is 74.8. The van der Waals surface area contributed by atoms with Crippen LogP contribution in [0.2, 0.25) is 0 Å². The molecule has 0 aliphatic rings. The molecule has 0 aromatic carbocycles. The lowest BCUT2D eigenvalue weighted by molar-refractivity contribution is -0.161. The van der Waals surface area contributed by atoms with Crippen LogP contribution in [0.25, 0.3) is 0 Å². The highest BCUT2D eigenvalue weighted by Crippen LogP contribution is 2.45. The Morgan fingerprint density at radius 1 is 0.304 bits per heavy atom. The van der Waals surface area contributed by atoms with E-state index >= 15 is 0 Å². The number of phosphoric ester groups is 2. The summed E-state index contributed by atoms with van der Waals surface area (Å²) in [6.45, 7) is 7.31. The summed E-state index contributed by atoms with van der Waals surface area (Å²) in [5.41, 5.74) is 0. The van der Waals surface area contributed by atoms with Crippen molar-refractivity contribution in [1.82, 2.24) is 0 Å². The van der Waals surface area contributed by atoms with Crippen molar-refractivity contribution in [1.29, 1.82) is 0 Å². The fourth-order valence-corrected chi connectivity index (χ4v) is 14.0. The molecule has 0 aliphatic heterocycles. The molecule has 2 unspecified atom stereocenters. The average Bonchev–Trinajstić information content (AvgIpc) is 0.958. The number of phosphoric acid groups is 2. The van der Waals surface area contributed by atoms with Gasteiger partial charge in [-0.1, -0.05) is 367 Å². The van der Waals surface area contributed by atoms with Crippen molar-refractivity contribution in [3.63, 3.8) is 0 Å². The smallest absolute Gasteiger partial charge is 0.462 e. The van der Waals surface area contributed by atoms with Crippen molar-refractivity contribution in [3.8, 4) is 0 Å².